The molecule has 1 aromatic carbocycles. The molecule has 0 spiro atoms. The van der Waals surface area contributed by atoms with E-state index in [0.717, 1.165) is 31.4 Å². The van der Waals surface area contributed by atoms with E-state index in [1.807, 2.05) is 24.3 Å². The van der Waals surface area contributed by atoms with Gasteiger partial charge in [0.05, 0.1) is 5.02 Å². The standard InChI is InChI=1S/C14H18ClN3O/c1-10(8-9-16)6-7-13-17-14(18-19-13)11-4-2-3-5-12(11)15/h2-5,10H,6-9,16H2,1H3. The molecule has 19 heavy (non-hydrogen) atoms. The highest BCUT2D eigenvalue weighted by molar-refractivity contribution is 6.33. The molecule has 5 heteroatoms. The third-order valence-corrected chi connectivity index (χ3v) is 3.42. The minimum absolute atomic E-state index is 0.548. The Morgan fingerprint density at radius 1 is 1.32 bits per heavy atom. The molecule has 0 bridgehead atoms. The molecule has 0 radical (unpaired) electrons. The molecule has 1 aromatic heterocycles. The van der Waals surface area contributed by atoms with Crippen molar-refractivity contribution < 1.29 is 4.52 Å². The van der Waals surface area contributed by atoms with Crippen molar-refractivity contribution in [2.24, 2.45) is 11.7 Å². The molecule has 2 aromatic rings. The lowest BCUT2D eigenvalue weighted by Gasteiger charge is -2.06. The van der Waals surface area contributed by atoms with E-state index < -0.39 is 0 Å². The molecule has 1 atom stereocenters. The van der Waals surface area contributed by atoms with Gasteiger partial charge in [0.15, 0.2) is 0 Å². The Balaban J connectivity index is 2.02. The number of aryl methyl sites for hydroxylation is 1. The predicted molar refractivity (Wildman–Crippen MR) is 75.9 cm³/mol. The van der Waals surface area contributed by atoms with Crippen molar-refractivity contribution in [3.05, 3.63) is 35.2 Å². The van der Waals surface area contributed by atoms with Gasteiger partial charge in [-0.1, -0.05) is 35.8 Å². The van der Waals surface area contributed by atoms with Gasteiger partial charge in [0.2, 0.25) is 11.7 Å². The van der Waals surface area contributed by atoms with Crippen LogP contribution in [0.15, 0.2) is 28.8 Å². The number of nitrogens with zero attached hydrogens (tertiary/aromatic N) is 2. The van der Waals surface area contributed by atoms with Gasteiger partial charge in [-0.25, -0.2) is 0 Å². The highest BCUT2D eigenvalue weighted by atomic mass is 35.5. The third-order valence-electron chi connectivity index (χ3n) is 3.09. The summed E-state index contributed by atoms with van der Waals surface area (Å²) in [5, 5.41) is 4.61. The SMILES string of the molecule is CC(CCN)CCc1nc(-c2ccccc2Cl)no1. The maximum atomic E-state index is 6.10. The first kappa shape index (κ1) is 14.0. The van der Waals surface area contributed by atoms with Crippen molar-refractivity contribution in [1.29, 1.82) is 0 Å². The summed E-state index contributed by atoms with van der Waals surface area (Å²) in [7, 11) is 0. The molecule has 1 heterocycles. The van der Waals surface area contributed by atoms with Crippen molar-refractivity contribution in [2.45, 2.75) is 26.2 Å². The molecule has 0 aliphatic carbocycles. The highest BCUT2D eigenvalue weighted by Crippen LogP contribution is 2.25. The monoisotopic (exact) mass is 279 g/mol. The fraction of sp³-hybridized carbons (Fsp3) is 0.429. The van der Waals surface area contributed by atoms with Gasteiger partial charge in [-0.15, -0.1) is 0 Å². The minimum Gasteiger partial charge on any atom is -0.339 e. The van der Waals surface area contributed by atoms with Crippen LogP contribution in [0.2, 0.25) is 5.02 Å². The van der Waals surface area contributed by atoms with E-state index in [2.05, 4.69) is 17.1 Å². The quantitative estimate of drug-likeness (QED) is 0.881. The molecular weight excluding hydrogens is 262 g/mol. The summed E-state index contributed by atoms with van der Waals surface area (Å²) in [6, 6.07) is 7.48. The van der Waals surface area contributed by atoms with Crippen molar-refractivity contribution in [1.82, 2.24) is 10.1 Å². The molecule has 2 N–H and O–H groups in total. The second-order valence-corrected chi connectivity index (χ2v) is 5.12. The number of nitrogens with two attached hydrogens (primary N) is 1. The summed E-state index contributed by atoms with van der Waals surface area (Å²) in [5.74, 6) is 1.77. The van der Waals surface area contributed by atoms with Crippen LogP contribution in [0.1, 0.15) is 25.7 Å². The van der Waals surface area contributed by atoms with Crippen LogP contribution in [0, 0.1) is 5.92 Å². The van der Waals surface area contributed by atoms with Gasteiger partial charge < -0.3 is 10.3 Å². The summed E-state index contributed by atoms with van der Waals surface area (Å²) in [6.07, 6.45) is 2.80. The molecule has 4 nitrogen and oxygen atoms in total. The maximum absolute atomic E-state index is 6.10. The number of hydrogen-bond donors (Lipinski definition) is 1. The average Bonchev–Trinajstić information content (AvgIpc) is 2.86. The molecule has 0 amide bonds. The van der Waals surface area contributed by atoms with Crippen LogP contribution in [0.4, 0.5) is 0 Å². The normalized spacial score (nSPS) is 12.6. The minimum atomic E-state index is 0.548. The van der Waals surface area contributed by atoms with Crippen molar-refractivity contribution in [2.75, 3.05) is 6.54 Å². The van der Waals surface area contributed by atoms with E-state index in [1.54, 1.807) is 0 Å². The van der Waals surface area contributed by atoms with Gasteiger partial charge in [-0.3, -0.25) is 0 Å². The summed E-state index contributed by atoms with van der Waals surface area (Å²) in [6.45, 7) is 2.90. The van der Waals surface area contributed by atoms with Gasteiger partial charge >= 0.3 is 0 Å². The van der Waals surface area contributed by atoms with Gasteiger partial charge in [0, 0.05) is 12.0 Å². The second-order valence-electron chi connectivity index (χ2n) is 4.71. The van der Waals surface area contributed by atoms with Crippen molar-refractivity contribution >= 4 is 11.6 Å². The van der Waals surface area contributed by atoms with Gasteiger partial charge in [0.1, 0.15) is 0 Å². The molecule has 0 aliphatic rings. The van der Waals surface area contributed by atoms with Crippen LogP contribution in [-0.2, 0) is 6.42 Å². The van der Waals surface area contributed by atoms with Gasteiger partial charge in [-0.05, 0) is 37.4 Å². The van der Waals surface area contributed by atoms with Crippen LogP contribution < -0.4 is 5.73 Å². The van der Waals surface area contributed by atoms with E-state index in [-0.39, 0.29) is 0 Å². The number of halogens is 1. The Morgan fingerprint density at radius 2 is 2.11 bits per heavy atom. The topological polar surface area (TPSA) is 64.9 Å². The van der Waals surface area contributed by atoms with Gasteiger partial charge in [-0.2, -0.15) is 4.98 Å². The molecule has 0 aliphatic heterocycles. The lowest BCUT2D eigenvalue weighted by atomic mass is 10.0. The van der Waals surface area contributed by atoms with Crippen LogP contribution in [0.5, 0.6) is 0 Å². The van der Waals surface area contributed by atoms with E-state index in [9.17, 15) is 0 Å². The molecule has 2 rings (SSSR count). The Bertz CT molecular complexity index is 527. The number of rotatable bonds is 6. The van der Waals surface area contributed by atoms with Crippen LogP contribution in [0.3, 0.4) is 0 Å². The molecule has 0 saturated carbocycles. The van der Waals surface area contributed by atoms with Crippen molar-refractivity contribution in [3.63, 3.8) is 0 Å². The molecular formula is C14H18ClN3O. The average molecular weight is 280 g/mol. The molecule has 0 fully saturated rings. The van der Waals surface area contributed by atoms with Gasteiger partial charge in [0.25, 0.3) is 0 Å². The Hall–Kier alpha value is -1.39. The summed E-state index contributed by atoms with van der Waals surface area (Å²) in [5.41, 5.74) is 6.33. The Labute approximate surface area is 118 Å². The van der Waals surface area contributed by atoms with E-state index >= 15 is 0 Å². The first-order valence-electron chi connectivity index (χ1n) is 6.48. The summed E-state index contributed by atoms with van der Waals surface area (Å²) in [4.78, 5) is 4.38. The predicted octanol–water partition coefficient (Wildman–Crippen LogP) is 3.31. The van der Waals surface area contributed by atoms with E-state index in [4.69, 9.17) is 21.9 Å². The lowest BCUT2D eigenvalue weighted by Crippen LogP contribution is -2.06. The summed E-state index contributed by atoms with van der Waals surface area (Å²) >= 11 is 6.10. The fourth-order valence-corrected chi connectivity index (χ4v) is 2.13. The zero-order valence-electron chi connectivity index (χ0n) is 11.0. The van der Waals surface area contributed by atoms with Crippen molar-refractivity contribution in [3.8, 4) is 11.4 Å². The first-order valence-corrected chi connectivity index (χ1v) is 6.86. The van der Waals surface area contributed by atoms with Crippen LogP contribution in [0.25, 0.3) is 11.4 Å². The Morgan fingerprint density at radius 3 is 2.84 bits per heavy atom. The van der Waals surface area contributed by atoms with Crippen LogP contribution in [-0.4, -0.2) is 16.7 Å². The van der Waals surface area contributed by atoms with E-state index in [1.165, 1.54) is 0 Å². The number of hydrogen-bond acceptors (Lipinski definition) is 4. The first-order chi connectivity index (χ1) is 9.20. The lowest BCUT2D eigenvalue weighted by molar-refractivity contribution is 0.362. The smallest absolute Gasteiger partial charge is 0.226 e. The number of aromatic nitrogens is 2. The largest absolute Gasteiger partial charge is 0.339 e. The zero-order valence-corrected chi connectivity index (χ0v) is 11.7. The maximum Gasteiger partial charge on any atom is 0.226 e. The third kappa shape index (κ3) is 3.78. The highest BCUT2D eigenvalue weighted by Gasteiger charge is 2.12. The molecule has 1 unspecified atom stereocenters. The zero-order chi connectivity index (χ0) is 13.7. The summed E-state index contributed by atoms with van der Waals surface area (Å²) < 4.78 is 5.25. The fourth-order valence-electron chi connectivity index (χ4n) is 1.91. The Kier molecular flexibility index (Phi) is 4.93. The number of benzene rings is 1. The second kappa shape index (κ2) is 6.68. The molecule has 0 saturated heterocycles. The molecule has 102 valence electrons. The van der Waals surface area contributed by atoms with E-state index in [0.29, 0.717) is 22.7 Å². The van der Waals surface area contributed by atoms with Crippen LogP contribution >= 0.6 is 11.6 Å².